The summed E-state index contributed by atoms with van der Waals surface area (Å²) in [6, 6.07) is 37.4. The Bertz CT molecular complexity index is 1920. The molecule has 4 nitrogen and oxygen atoms in total. The minimum absolute atomic E-state index is 0. The Balaban J connectivity index is 0.00000252. The van der Waals surface area contributed by atoms with E-state index in [2.05, 4.69) is 36.4 Å². The molecule has 0 saturated carbocycles. The number of phenolic OH excluding ortho intramolecular Hbond substituents is 1. The number of benzene rings is 5. The molecule has 0 saturated heterocycles. The van der Waals surface area contributed by atoms with Crippen LogP contribution in [-0.4, -0.2) is 15.1 Å². The van der Waals surface area contributed by atoms with Gasteiger partial charge in [-0.15, -0.1) is 17.7 Å². The Morgan fingerprint density at radius 1 is 0.703 bits per heavy atom. The van der Waals surface area contributed by atoms with Gasteiger partial charge in [-0.2, -0.15) is 0 Å². The van der Waals surface area contributed by atoms with Gasteiger partial charge >= 0.3 is 0 Å². The van der Waals surface area contributed by atoms with Gasteiger partial charge in [0.05, 0.1) is 11.1 Å². The smallest absolute Gasteiger partial charge is 0.230 e. The minimum Gasteiger partial charge on any atom is -0.507 e. The third kappa shape index (κ3) is 3.91. The van der Waals surface area contributed by atoms with Gasteiger partial charge in [0.25, 0.3) is 0 Å². The van der Waals surface area contributed by atoms with E-state index in [1.54, 1.807) is 18.2 Å². The number of hydrogen-bond donors (Lipinski definition) is 1. The van der Waals surface area contributed by atoms with Crippen LogP contribution in [0.15, 0.2) is 114 Å². The maximum Gasteiger partial charge on any atom is 0.230 e. The van der Waals surface area contributed by atoms with E-state index in [9.17, 15) is 5.11 Å². The van der Waals surface area contributed by atoms with Crippen molar-refractivity contribution in [2.45, 2.75) is 0 Å². The Labute approximate surface area is 227 Å². The third-order valence-electron chi connectivity index (χ3n) is 6.54. The largest absolute Gasteiger partial charge is 0.507 e. The van der Waals surface area contributed by atoms with Crippen LogP contribution in [-0.2, 0) is 21.1 Å². The fourth-order valence-corrected chi connectivity index (χ4v) is 4.83. The number of oxazole rings is 1. The van der Waals surface area contributed by atoms with E-state index in [0.717, 1.165) is 49.4 Å². The molecule has 0 aliphatic carbocycles. The summed E-state index contributed by atoms with van der Waals surface area (Å²) in [4.78, 5) is 9.57. The topological polar surface area (TPSA) is 59.2 Å². The zero-order valence-corrected chi connectivity index (χ0v) is 21.7. The number of aromatic hydroxyl groups is 1. The molecular formula is C32H19N2O2Pt-. The second-order valence-electron chi connectivity index (χ2n) is 8.71. The number of hydrogen-bond acceptors (Lipinski definition) is 4. The van der Waals surface area contributed by atoms with E-state index in [-0.39, 0.29) is 26.8 Å². The van der Waals surface area contributed by atoms with Crippen molar-refractivity contribution in [3.8, 4) is 39.6 Å². The van der Waals surface area contributed by atoms with Crippen LogP contribution in [0.3, 0.4) is 0 Å². The van der Waals surface area contributed by atoms with Crippen molar-refractivity contribution >= 4 is 32.6 Å². The predicted octanol–water partition coefficient (Wildman–Crippen LogP) is 8.03. The Hall–Kier alpha value is -4.27. The fraction of sp³-hybridized carbons (Fsp3) is 0. The monoisotopic (exact) mass is 658 g/mol. The van der Waals surface area contributed by atoms with Crippen LogP contribution in [0, 0.1) is 6.07 Å². The zero-order chi connectivity index (χ0) is 24.1. The molecule has 0 bridgehead atoms. The number of fused-ring (bicyclic) bond motifs is 3. The minimum atomic E-state index is 0. The molecule has 0 fully saturated rings. The third-order valence-corrected chi connectivity index (χ3v) is 6.54. The summed E-state index contributed by atoms with van der Waals surface area (Å²) < 4.78 is 6.06. The SMILES string of the molecule is Oc1ccccc1-c1nc2c(-c3[c-]c(-c4nccc5ccccc45)c4ccccc4c3)cccc2o1.[Pt]. The number of aromatic nitrogens is 2. The second kappa shape index (κ2) is 9.31. The van der Waals surface area contributed by atoms with Crippen LogP contribution in [0.1, 0.15) is 0 Å². The van der Waals surface area contributed by atoms with Crippen LogP contribution in [0.4, 0.5) is 0 Å². The maximum absolute atomic E-state index is 10.3. The van der Waals surface area contributed by atoms with Gasteiger partial charge in [0, 0.05) is 33.0 Å². The molecule has 7 aromatic rings. The van der Waals surface area contributed by atoms with Crippen LogP contribution < -0.4 is 0 Å². The molecule has 7 rings (SSSR count). The van der Waals surface area contributed by atoms with Gasteiger partial charge in [0.15, 0.2) is 0 Å². The van der Waals surface area contributed by atoms with Crippen LogP contribution in [0.2, 0.25) is 0 Å². The number of pyridine rings is 1. The van der Waals surface area contributed by atoms with Gasteiger partial charge < -0.3 is 9.52 Å². The van der Waals surface area contributed by atoms with Crippen LogP contribution in [0.5, 0.6) is 5.75 Å². The van der Waals surface area contributed by atoms with Gasteiger partial charge in [-0.25, -0.2) is 4.98 Å². The molecule has 0 amide bonds. The molecule has 0 unspecified atom stereocenters. The van der Waals surface area contributed by atoms with Crippen molar-refractivity contribution in [3.05, 3.63) is 115 Å². The molecular weight excluding hydrogens is 639 g/mol. The average Bonchev–Trinajstić information content (AvgIpc) is 3.37. The first-order valence-electron chi connectivity index (χ1n) is 11.7. The average molecular weight is 659 g/mol. The standard InChI is InChI=1S/C32H19N2O2.Pt/c35-28-14-6-5-12-26(28)32-34-31-25(13-7-15-29(31)36-32)22-18-21-9-2-3-10-23(21)27(19-22)30-24-11-4-1-8-20(24)16-17-33-30;/h1-18,35H;/q-1;. The van der Waals surface area contributed by atoms with E-state index in [1.807, 2.05) is 60.8 Å². The Morgan fingerprint density at radius 2 is 1.43 bits per heavy atom. The molecule has 37 heavy (non-hydrogen) atoms. The Kier molecular flexibility index (Phi) is 5.82. The van der Waals surface area contributed by atoms with E-state index in [4.69, 9.17) is 14.4 Å². The fourth-order valence-electron chi connectivity index (χ4n) is 4.83. The molecule has 0 aliphatic rings. The maximum atomic E-state index is 10.3. The first-order chi connectivity index (χ1) is 17.8. The summed E-state index contributed by atoms with van der Waals surface area (Å²) in [5.41, 5.74) is 5.58. The summed E-state index contributed by atoms with van der Waals surface area (Å²) in [7, 11) is 0. The molecule has 5 heteroatoms. The molecule has 1 N–H and O–H groups in total. The van der Waals surface area contributed by atoms with E-state index in [1.165, 1.54) is 0 Å². The van der Waals surface area contributed by atoms with Crippen LogP contribution in [0.25, 0.3) is 66.5 Å². The van der Waals surface area contributed by atoms with Crippen molar-refractivity contribution < 1.29 is 30.6 Å². The van der Waals surface area contributed by atoms with Crippen molar-refractivity contribution in [2.75, 3.05) is 0 Å². The first-order valence-corrected chi connectivity index (χ1v) is 11.7. The van der Waals surface area contributed by atoms with E-state index >= 15 is 0 Å². The quantitative estimate of drug-likeness (QED) is 0.195. The molecule has 0 spiro atoms. The first kappa shape index (κ1) is 23.1. The van der Waals surface area contributed by atoms with Gasteiger partial charge in [0.1, 0.15) is 11.3 Å². The van der Waals surface area contributed by atoms with Crippen molar-refractivity contribution in [2.24, 2.45) is 0 Å². The molecule has 0 atom stereocenters. The van der Waals surface area contributed by atoms with Crippen molar-refractivity contribution in [1.29, 1.82) is 0 Å². The van der Waals surface area contributed by atoms with Crippen molar-refractivity contribution in [1.82, 2.24) is 9.97 Å². The van der Waals surface area contributed by atoms with Gasteiger partial charge in [-0.1, -0.05) is 94.7 Å². The molecule has 0 radical (unpaired) electrons. The number of phenols is 1. The molecule has 2 heterocycles. The van der Waals surface area contributed by atoms with Crippen LogP contribution >= 0.6 is 0 Å². The second-order valence-corrected chi connectivity index (χ2v) is 8.71. The van der Waals surface area contributed by atoms with Crippen molar-refractivity contribution in [3.63, 3.8) is 0 Å². The summed E-state index contributed by atoms with van der Waals surface area (Å²) in [6.07, 6.45) is 1.85. The number of rotatable bonds is 3. The van der Waals surface area contributed by atoms with Gasteiger partial charge in [-0.3, -0.25) is 4.98 Å². The van der Waals surface area contributed by atoms with Gasteiger partial charge in [-0.05, 0) is 35.0 Å². The number of nitrogens with zero attached hydrogens (tertiary/aromatic N) is 2. The number of para-hydroxylation sites is 2. The van der Waals surface area contributed by atoms with E-state index in [0.29, 0.717) is 17.0 Å². The molecule has 0 aliphatic heterocycles. The van der Waals surface area contributed by atoms with E-state index < -0.39 is 0 Å². The summed E-state index contributed by atoms with van der Waals surface area (Å²) >= 11 is 0. The normalized spacial score (nSPS) is 11.1. The summed E-state index contributed by atoms with van der Waals surface area (Å²) in [5.74, 6) is 0.513. The summed E-state index contributed by atoms with van der Waals surface area (Å²) in [5, 5.41) is 14.7. The molecule has 5 aromatic carbocycles. The molecule has 2 aromatic heterocycles. The Morgan fingerprint density at radius 3 is 2.30 bits per heavy atom. The predicted molar refractivity (Wildman–Crippen MR) is 144 cm³/mol. The molecule has 180 valence electrons. The zero-order valence-electron chi connectivity index (χ0n) is 19.5. The summed E-state index contributed by atoms with van der Waals surface area (Å²) in [6.45, 7) is 0. The van der Waals surface area contributed by atoms with Gasteiger partial charge in [0.2, 0.25) is 5.89 Å².